The van der Waals surface area contributed by atoms with Gasteiger partial charge in [0, 0.05) is 32.9 Å². The molecule has 11 aromatic carbocycles. The fourth-order valence-corrected chi connectivity index (χ4v) is 14.0. The van der Waals surface area contributed by atoms with E-state index in [4.69, 9.17) is 0 Å². The van der Waals surface area contributed by atoms with Crippen LogP contribution in [0.3, 0.4) is 0 Å². The Bertz CT molecular complexity index is 4140. The summed E-state index contributed by atoms with van der Waals surface area (Å²) in [6.07, 6.45) is 0. The van der Waals surface area contributed by atoms with Gasteiger partial charge in [0.25, 0.3) is 0 Å². The Kier molecular flexibility index (Phi) is 7.56. The third-order valence-electron chi connectivity index (χ3n) is 16.3. The van der Waals surface area contributed by atoms with E-state index in [0.717, 1.165) is 0 Å². The first-order chi connectivity index (χ1) is 33.2. The van der Waals surface area contributed by atoms with Gasteiger partial charge in [-0.1, -0.05) is 196 Å². The van der Waals surface area contributed by atoms with Crippen molar-refractivity contribution in [1.29, 1.82) is 0 Å². The molecule has 0 amide bonds. The van der Waals surface area contributed by atoms with Crippen molar-refractivity contribution in [2.24, 2.45) is 0 Å². The molecule has 0 aliphatic carbocycles. The van der Waals surface area contributed by atoms with E-state index in [-0.39, 0.29) is 13.4 Å². The molecule has 318 valence electrons. The van der Waals surface area contributed by atoms with Gasteiger partial charge in [-0.15, -0.1) is 0 Å². The quantitative estimate of drug-likeness (QED) is 0.153. The van der Waals surface area contributed by atoms with Crippen LogP contribution in [0.25, 0.3) is 98.1 Å². The number of hydrogen-bond acceptors (Lipinski definition) is 0. The lowest BCUT2D eigenvalue weighted by Crippen LogP contribution is -2.62. The van der Waals surface area contributed by atoms with Gasteiger partial charge in [0.15, 0.2) is 0 Å². The number of fused-ring (bicyclic) bond motifs is 18. The van der Waals surface area contributed by atoms with Crippen molar-refractivity contribution in [2.45, 2.75) is 41.5 Å². The topological polar surface area (TPSA) is 9.86 Å². The maximum atomic E-state index is 2.69. The van der Waals surface area contributed by atoms with Gasteiger partial charge in [0.2, 0.25) is 13.4 Å². The molecule has 0 unspecified atom stereocenters. The highest BCUT2D eigenvalue weighted by Gasteiger charge is 2.42. The van der Waals surface area contributed by atoms with Crippen LogP contribution in [0, 0.1) is 41.5 Å². The molecule has 0 bridgehead atoms. The molecular formula is C64H46B2N2. The van der Waals surface area contributed by atoms with E-state index in [1.54, 1.807) is 0 Å². The van der Waals surface area contributed by atoms with Crippen molar-refractivity contribution in [3.63, 3.8) is 0 Å². The summed E-state index contributed by atoms with van der Waals surface area (Å²) in [4.78, 5) is 0. The molecule has 15 rings (SSSR count). The number of nitrogens with zero attached hydrogens (tertiary/aromatic N) is 2. The lowest BCUT2D eigenvalue weighted by atomic mass is 9.31. The number of benzene rings is 11. The van der Waals surface area contributed by atoms with Crippen LogP contribution in [0.1, 0.15) is 33.4 Å². The molecule has 68 heavy (non-hydrogen) atoms. The van der Waals surface area contributed by atoms with E-state index < -0.39 is 0 Å². The molecule has 2 nitrogen and oxygen atoms in total. The normalized spacial score (nSPS) is 13.1. The van der Waals surface area contributed by atoms with Gasteiger partial charge in [-0.05, 0) is 125 Å². The first-order valence-electron chi connectivity index (χ1n) is 24.3. The van der Waals surface area contributed by atoms with Crippen molar-refractivity contribution in [1.82, 2.24) is 9.13 Å². The smallest absolute Gasteiger partial charge is 0.247 e. The van der Waals surface area contributed by atoms with Crippen LogP contribution < -0.4 is 32.8 Å². The second-order valence-corrected chi connectivity index (χ2v) is 20.3. The number of aryl methyl sites for hydroxylation is 6. The van der Waals surface area contributed by atoms with Crippen molar-refractivity contribution < 1.29 is 0 Å². The summed E-state index contributed by atoms with van der Waals surface area (Å²) in [7, 11) is 0. The molecule has 0 spiro atoms. The number of rotatable bonds is 2. The molecule has 2 aliphatic heterocycles. The van der Waals surface area contributed by atoms with Crippen molar-refractivity contribution in [3.8, 4) is 11.4 Å². The van der Waals surface area contributed by atoms with E-state index in [1.165, 1.54) is 164 Å². The van der Waals surface area contributed by atoms with Crippen LogP contribution in [0.2, 0.25) is 0 Å². The van der Waals surface area contributed by atoms with E-state index >= 15 is 0 Å². The second-order valence-electron chi connectivity index (χ2n) is 20.3. The highest BCUT2D eigenvalue weighted by Crippen LogP contribution is 2.44. The van der Waals surface area contributed by atoms with Crippen LogP contribution in [0.5, 0.6) is 0 Å². The van der Waals surface area contributed by atoms with Gasteiger partial charge in [-0.25, -0.2) is 0 Å². The van der Waals surface area contributed by atoms with Crippen LogP contribution in [0.15, 0.2) is 170 Å². The lowest BCUT2D eigenvalue weighted by molar-refractivity contribution is 1.15. The fourth-order valence-electron chi connectivity index (χ4n) is 14.0. The Hall–Kier alpha value is -7.81. The Morgan fingerprint density at radius 2 is 0.662 bits per heavy atom. The average Bonchev–Trinajstić information content (AvgIpc) is 3.88. The van der Waals surface area contributed by atoms with E-state index in [9.17, 15) is 0 Å². The third-order valence-corrected chi connectivity index (χ3v) is 16.3. The summed E-state index contributed by atoms with van der Waals surface area (Å²) in [6.45, 7) is 13.9. The predicted octanol–water partition coefficient (Wildman–Crippen LogP) is 12.0. The summed E-state index contributed by atoms with van der Waals surface area (Å²) < 4.78 is 5.35. The molecule has 0 saturated carbocycles. The molecular weight excluding hydrogens is 818 g/mol. The third kappa shape index (κ3) is 4.85. The average molecular weight is 865 g/mol. The zero-order valence-electron chi connectivity index (χ0n) is 39.2. The Morgan fingerprint density at radius 3 is 1.06 bits per heavy atom. The molecule has 2 aromatic heterocycles. The zero-order chi connectivity index (χ0) is 45.4. The van der Waals surface area contributed by atoms with Crippen LogP contribution in [-0.4, -0.2) is 22.6 Å². The summed E-state index contributed by atoms with van der Waals surface area (Å²) in [5.74, 6) is 0. The van der Waals surface area contributed by atoms with E-state index in [0.29, 0.717) is 0 Å². The van der Waals surface area contributed by atoms with Gasteiger partial charge in [0.05, 0.1) is 22.1 Å². The molecule has 4 heterocycles. The summed E-state index contributed by atoms with van der Waals surface area (Å²) >= 11 is 0. The van der Waals surface area contributed by atoms with Crippen molar-refractivity contribution in [2.75, 3.05) is 0 Å². The fraction of sp³-hybridized carbons (Fsp3) is 0.0938. The highest BCUT2D eigenvalue weighted by molar-refractivity contribution is 7.01. The van der Waals surface area contributed by atoms with Crippen molar-refractivity contribution in [3.05, 3.63) is 203 Å². The monoisotopic (exact) mass is 864 g/mol. The highest BCUT2D eigenvalue weighted by atomic mass is 15.0. The molecule has 2 aliphatic rings. The second kappa shape index (κ2) is 13.4. The standard InChI is InChI=1S/C64H46B2N2/c1-35-27-37(3)61(38(4)28-35)65-49-33-50-56(34-55(49)67-53-25-23-41-15-7-11-19-45(41)57(53)59-47-21-13-9-17-43(47)31-51(65)63(59)67)68-54-26-24-42-16-8-12-20-46(42)58(54)60-48-22-14-10-18-44(48)32-52(64(60)68)66(50)62-39(5)29-36(2)30-40(62)6/h7-34H,1-6H3. The van der Waals surface area contributed by atoms with Gasteiger partial charge in [0.1, 0.15) is 0 Å². The summed E-state index contributed by atoms with van der Waals surface area (Å²) in [5.41, 5.74) is 24.0. The van der Waals surface area contributed by atoms with E-state index in [1.807, 2.05) is 0 Å². The van der Waals surface area contributed by atoms with Crippen LogP contribution in [-0.2, 0) is 0 Å². The molecule has 13 aromatic rings. The molecule has 0 radical (unpaired) electrons. The molecule has 0 atom stereocenters. The Balaban J connectivity index is 1.20. The largest absolute Gasteiger partial charge is 0.310 e. The molecule has 4 heteroatoms. The summed E-state index contributed by atoms with van der Waals surface area (Å²) in [6, 6.07) is 65.8. The Morgan fingerprint density at radius 1 is 0.309 bits per heavy atom. The zero-order valence-corrected chi connectivity index (χ0v) is 39.2. The van der Waals surface area contributed by atoms with Crippen molar-refractivity contribution >= 4 is 133 Å². The SMILES string of the molecule is Cc1cc(C)c(B2c3cc4c(cc3-n3c5ccc6ccccc6c5c5c6ccccc6cc2c53)-n2c3ccc5ccccc5c3c3c5ccccc5cc(c32)B4c2c(C)cc(C)cc2C)c(C)c1. The number of hydrogen-bond donors (Lipinski definition) is 0. The Labute approximate surface area is 396 Å². The minimum Gasteiger partial charge on any atom is -0.310 e. The van der Waals surface area contributed by atoms with Crippen LogP contribution in [0.4, 0.5) is 0 Å². The van der Waals surface area contributed by atoms with Crippen LogP contribution >= 0.6 is 0 Å². The van der Waals surface area contributed by atoms with Gasteiger partial charge in [-0.2, -0.15) is 0 Å². The van der Waals surface area contributed by atoms with Gasteiger partial charge >= 0.3 is 0 Å². The lowest BCUT2D eigenvalue weighted by Gasteiger charge is -2.34. The van der Waals surface area contributed by atoms with E-state index in [2.05, 4.69) is 221 Å². The minimum absolute atomic E-state index is 0.00434. The summed E-state index contributed by atoms with van der Waals surface area (Å²) in [5, 5.41) is 15.7. The first kappa shape index (κ1) is 38.3. The number of aromatic nitrogens is 2. The molecule has 0 N–H and O–H groups in total. The maximum absolute atomic E-state index is 2.69. The molecule has 0 saturated heterocycles. The van der Waals surface area contributed by atoms with Gasteiger partial charge < -0.3 is 9.13 Å². The molecule has 0 fully saturated rings. The predicted molar refractivity (Wildman–Crippen MR) is 296 cm³/mol. The minimum atomic E-state index is -0.00434. The maximum Gasteiger partial charge on any atom is 0.247 e. The van der Waals surface area contributed by atoms with Gasteiger partial charge in [-0.3, -0.25) is 0 Å². The first-order valence-corrected chi connectivity index (χ1v) is 24.3.